The van der Waals surface area contributed by atoms with Crippen LogP contribution in [-0.4, -0.2) is 30.8 Å². The molecule has 1 saturated carbocycles. The maximum atomic E-state index is 5.45. The van der Waals surface area contributed by atoms with Gasteiger partial charge >= 0.3 is 0 Å². The van der Waals surface area contributed by atoms with Gasteiger partial charge in [-0.05, 0) is 19.8 Å². The minimum Gasteiger partial charge on any atom is -0.329 e. The van der Waals surface area contributed by atoms with Crippen molar-refractivity contribution in [2.45, 2.75) is 32.2 Å². The standard InChI is InChI=1S/C8H18N2O/c1-2-11-10(7-6-9)8-4-3-5-8/h8H,2-7,9H2,1H3. The van der Waals surface area contributed by atoms with E-state index in [1.807, 2.05) is 12.0 Å². The third kappa shape index (κ3) is 2.43. The van der Waals surface area contributed by atoms with Gasteiger partial charge in [0.25, 0.3) is 0 Å². The summed E-state index contributed by atoms with van der Waals surface area (Å²) in [7, 11) is 0. The van der Waals surface area contributed by atoms with E-state index in [-0.39, 0.29) is 0 Å². The molecule has 0 bridgehead atoms. The fourth-order valence-corrected chi connectivity index (χ4v) is 1.32. The summed E-state index contributed by atoms with van der Waals surface area (Å²) in [6, 6.07) is 0.651. The zero-order chi connectivity index (χ0) is 8.10. The smallest absolute Gasteiger partial charge is 0.0657 e. The van der Waals surface area contributed by atoms with Crippen LogP contribution in [0.1, 0.15) is 26.2 Å². The minimum atomic E-state index is 0.651. The van der Waals surface area contributed by atoms with Crippen LogP contribution in [0.15, 0.2) is 0 Å². The first-order chi connectivity index (χ1) is 5.38. The molecular weight excluding hydrogens is 140 g/mol. The Hall–Kier alpha value is -0.120. The van der Waals surface area contributed by atoms with E-state index < -0.39 is 0 Å². The van der Waals surface area contributed by atoms with E-state index in [2.05, 4.69) is 0 Å². The summed E-state index contributed by atoms with van der Waals surface area (Å²) >= 11 is 0. The molecular formula is C8H18N2O. The van der Waals surface area contributed by atoms with Crippen LogP contribution in [0.3, 0.4) is 0 Å². The molecule has 1 rings (SSSR count). The van der Waals surface area contributed by atoms with Gasteiger partial charge in [0.1, 0.15) is 0 Å². The molecule has 2 N–H and O–H groups in total. The summed E-state index contributed by atoms with van der Waals surface area (Å²) in [5, 5.41) is 2.05. The molecule has 0 unspecified atom stereocenters. The molecule has 0 saturated heterocycles. The summed E-state index contributed by atoms with van der Waals surface area (Å²) in [5.41, 5.74) is 5.45. The molecule has 11 heavy (non-hydrogen) atoms. The molecule has 1 aliphatic rings. The van der Waals surface area contributed by atoms with Gasteiger partial charge in [-0.2, -0.15) is 5.06 Å². The van der Waals surface area contributed by atoms with Crippen molar-refractivity contribution in [3.8, 4) is 0 Å². The second-order valence-electron chi connectivity index (χ2n) is 2.93. The Morgan fingerprint density at radius 1 is 1.55 bits per heavy atom. The Morgan fingerprint density at radius 3 is 2.64 bits per heavy atom. The van der Waals surface area contributed by atoms with E-state index in [1.165, 1.54) is 19.3 Å². The first-order valence-electron chi connectivity index (χ1n) is 4.48. The molecule has 0 amide bonds. The summed E-state index contributed by atoms with van der Waals surface area (Å²) in [4.78, 5) is 5.44. The SMILES string of the molecule is CCON(CCN)C1CCC1. The molecule has 66 valence electrons. The van der Waals surface area contributed by atoms with Crippen LogP contribution in [0.2, 0.25) is 0 Å². The highest BCUT2D eigenvalue weighted by Crippen LogP contribution is 2.24. The molecule has 0 aromatic rings. The van der Waals surface area contributed by atoms with Crippen molar-refractivity contribution < 1.29 is 4.84 Å². The summed E-state index contributed by atoms with van der Waals surface area (Å²) in [6.45, 7) is 4.34. The van der Waals surface area contributed by atoms with E-state index in [1.54, 1.807) is 0 Å². The van der Waals surface area contributed by atoms with Crippen molar-refractivity contribution in [3.63, 3.8) is 0 Å². The quantitative estimate of drug-likeness (QED) is 0.600. The number of hydroxylamine groups is 2. The van der Waals surface area contributed by atoms with Gasteiger partial charge in [-0.1, -0.05) is 6.42 Å². The van der Waals surface area contributed by atoms with Crippen molar-refractivity contribution in [1.82, 2.24) is 5.06 Å². The lowest BCUT2D eigenvalue weighted by Gasteiger charge is -2.35. The fraction of sp³-hybridized carbons (Fsp3) is 1.00. The van der Waals surface area contributed by atoms with Crippen LogP contribution >= 0.6 is 0 Å². The van der Waals surface area contributed by atoms with Crippen molar-refractivity contribution in [3.05, 3.63) is 0 Å². The topological polar surface area (TPSA) is 38.5 Å². The van der Waals surface area contributed by atoms with Crippen LogP contribution in [0.5, 0.6) is 0 Å². The highest BCUT2D eigenvalue weighted by molar-refractivity contribution is 4.75. The predicted octanol–water partition coefficient (Wildman–Crippen LogP) is 0.751. The van der Waals surface area contributed by atoms with Crippen LogP contribution in [0, 0.1) is 0 Å². The third-order valence-corrected chi connectivity index (χ3v) is 2.13. The number of rotatable bonds is 5. The predicted molar refractivity (Wildman–Crippen MR) is 45.0 cm³/mol. The first-order valence-corrected chi connectivity index (χ1v) is 4.48. The number of nitrogens with zero attached hydrogens (tertiary/aromatic N) is 1. The molecule has 0 aliphatic heterocycles. The Kier molecular flexibility index (Phi) is 3.83. The van der Waals surface area contributed by atoms with Crippen molar-refractivity contribution >= 4 is 0 Å². The molecule has 1 fully saturated rings. The lowest BCUT2D eigenvalue weighted by Crippen LogP contribution is -2.42. The van der Waals surface area contributed by atoms with Gasteiger partial charge < -0.3 is 5.73 Å². The molecule has 0 radical (unpaired) electrons. The van der Waals surface area contributed by atoms with E-state index in [9.17, 15) is 0 Å². The van der Waals surface area contributed by atoms with Gasteiger partial charge in [0.2, 0.25) is 0 Å². The van der Waals surface area contributed by atoms with Crippen LogP contribution in [0.4, 0.5) is 0 Å². The lowest BCUT2D eigenvalue weighted by atomic mass is 9.93. The van der Waals surface area contributed by atoms with Gasteiger partial charge in [0, 0.05) is 19.1 Å². The van der Waals surface area contributed by atoms with E-state index in [0.717, 1.165) is 13.2 Å². The Labute approximate surface area is 68.5 Å². The van der Waals surface area contributed by atoms with Gasteiger partial charge in [-0.25, -0.2) is 0 Å². The number of nitrogens with two attached hydrogens (primary N) is 1. The zero-order valence-electron chi connectivity index (χ0n) is 7.25. The average molecular weight is 158 g/mol. The number of hydrogen-bond donors (Lipinski definition) is 1. The second kappa shape index (κ2) is 4.70. The van der Waals surface area contributed by atoms with Crippen LogP contribution < -0.4 is 5.73 Å². The molecule has 3 nitrogen and oxygen atoms in total. The molecule has 3 heteroatoms. The molecule has 0 aromatic carbocycles. The van der Waals surface area contributed by atoms with Gasteiger partial charge in [-0.15, -0.1) is 0 Å². The lowest BCUT2D eigenvalue weighted by molar-refractivity contribution is -0.195. The fourth-order valence-electron chi connectivity index (χ4n) is 1.32. The van der Waals surface area contributed by atoms with Gasteiger partial charge in [0.05, 0.1) is 6.61 Å². The molecule has 0 aromatic heterocycles. The van der Waals surface area contributed by atoms with Gasteiger partial charge in [0.15, 0.2) is 0 Å². The minimum absolute atomic E-state index is 0.651. The van der Waals surface area contributed by atoms with Crippen LogP contribution in [-0.2, 0) is 4.84 Å². The monoisotopic (exact) mass is 158 g/mol. The summed E-state index contributed by atoms with van der Waals surface area (Å²) in [6.07, 6.45) is 3.90. The normalized spacial score (nSPS) is 18.8. The second-order valence-corrected chi connectivity index (χ2v) is 2.93. The van der Waals surface area contributed by atoms with Crippen molar-refractivity contribution in [2.75, 3.05) is 19.7 Å². The van der Waals surface area contributed by atoms with E-state index in [0.29, 0.717) is 12.6 Å². The Morgan fingerprint density at radius 2 is 2.27 bits per heavy atom. The van der Waals surface area contributed by atoms with Crippen molar-refractivity contribution in [1.29, 1.82) is 0 Å². The highest BCUT2D eigenvalue weighted by Gasteiger charge is 2.24. The maximum Gasteiger partial charge on any atom is 0.0657 e. The van der Waals surface area contributed by atoms with Crippen molar-refractivity contribution in [2.24, 2.45) is 5.73 Å². The highest BCUT2D eigenvalue weighted by atomic mass is 16.7. The number of hydrogen-bond acceptors (Lipinski definition) is 3. The largest absolute Gasteiger partial charge is 0.329 e. The Bertz CT molecular complexity index is 98.3. The van der Waals surface area contributed by atoms with Gasteiger partial charge in [-0.3, -0.25) is 4.84 Å². The average Bonchev–Trinajstić information content (AvgIpc) is 1.85. The maximum absolute atomic E-state index is 5.45. The molecule has 1 aliphatic carbocycles. The summed E-state index contributed by atoms with van der Waals surface area (Å²) in [5.74, 6) is 0. The zero-order valence-corrected chi connectivity index (χ0v) is 7.25. The first kappa shape index (κ1) is 8.97. The Balaban J connectivity index is 2.19. The molecule has 0 atom stereocenters. The third-order valence-electron chi connectivity index (χ3n) is 2.13. The van der Waals surface area contributed by atoms with E-state index >= 15 is 0 Å². The molecule has 0 heterocycles. The summed E-state index contributed by atoms with van der Waals surface area (Å²) < 4.78 is 0. The molecule has 0 spiro atoms. The van der Waals surface area contributed by atoms with Crippen LogP contribution in [0.25, 0.3) is 0 Å². The van der Waals surface area contributed by atoms with E-state index in [4.69, 9.17) is 10.6 Å².